The maximum Gasteiger partial charge on any atom is 0.132 e. The van der Waals surface area contributed by atoms with E-state index < -0.39 is 0 Å². The van der Waals surface area contributed by atoms with Crippen molar-refractivity contribution in [2.75, 3.05) is 6.61 Å². The number of rotatable bonds is 3. The predicted molar refractivity (Wildman–Crippen MR) is 96.1 cm³/mol. The summed E-state index contributed by atoms with van der Waals surface area (Å²) in [5.74, 6) is 0.980. The van der Waals surface area contributed by atoms with Gasteiger partial charge in [0.2, 0.25) is 0 Å². The van der Waals surface area contributed by atoms with Crippen molar-refractivity contribution in [2.45, 2.75) is 59.3 Å². The summed E-state index contributed by atoms with van der Waals surface area (Å²) in [4.78, 5) is 4.51. The molecule has 1 aromatic heterocycles. The van der Waals surface area contributed by atoms with Crippen molar-refractivity contribution < 1.29 is 4.74 Å². The zero-order valence-corrected chi connectivity index (χ0v) is 15.6. The Kier molecular flexibility index (Phi) is 4.67. The summed E-state index contributed by atoms with van der Waals surface area (Å²) in [6, 6.07) is 4.55. The molecule has 0 saturated carbocycles. The lowest BCUT2D eigenvalue weighted by atomic mass is 9.78. The Morgan fingerprint density at radius 1 is 1.05 bits per heavy atom. The lowest BCUT2D eigenvalue weighted by Crippen LogP contribution is -2.18. The van der Waals surface area contributed by atoms with E-state index in [0.717, 1.165) is 17.0 Å². The average molecular weight is 317 g/mol. The van der Waals surface area contributed by atoms with Gasteiger partial charge < -0.3 is 4.74 Å². The molecule has 2 nitrogen and oxygen atoms in total. The fourth-order valence-corrected chi connectivity index (χ4v) is 3.01. The molecule has 0 saturated heterocycles. The van der Waals surface area contributed by atoms with Gasteiger partial charge in [0.25, 0.3) is 0 Å². The van der Waals surface area contributed by atoms with Crippen LogP contribution in [0.2, 0.25) is 0 Å². The molecule has 0 fully saturated rings. The van der Waals surface area contributed by atoms with Crippen LogP contribution < -0.4 is 4.74 Å². The van der Waals surface area contributed by atoms with E-state index in [1.165, 1.54) is 11.1 Å². The molecule has 120 valence electrons. The van der Waals surface area contributed by atoms with Gasteiger partial charge in [-0.3, -0.25) is 0 Å². The first kappa shape index (κ1) is 17.0. The molecule has 0 atom stereocenters. The minimum atomic E-state index is 0.0243. The predicted octanol–water partition coefficient (Wildman–Crippen LogP) is 5.80. The Morgan fingerprint density at radius 2 is 1.73 bits per heavy atom. The van der Waals surface area contributed by atoms with Gasteiger partial charge in [0.05, 0.1) is 17.8 Å². The van der Waals surface area contributed by atoms with Crippen molar-refractivity contribution in [3.05, 3.63) is 34.2 Å². The van der Waals surface area contributed by atoms with E-state index in [2.05, 4.69) is 64.0 Å². The van der Waals surface area contributed by atoms with Gasteiger partial charge in [0, 0.05) is 16.5 Å². The third-order valence-electron chi connectivity index (χ3n) is 3.76. The van der Waals surface area contributed by atoms with Crippen molar-refractivity contribution in [3.63, 3.8) is 0 Å². The summed E-state index contributed by atoms with van der Waals surface area (Å²) in [6.07, 6.45) is 0. The summed E-state index contributed by atoms with van der Waals surface area (Å²) in [6.45, 7) is 16.2. The second-order valence-electron chi connectivity index (χ2n) is 7.71. The standard InChI is InChI=1S/C19H27NOS/c1-8-21-17-14(16-11-22-12-20-16)9-13(18(2,3)4)10-15(17)19(5,6)7/h9-12H,8H2,1-7H3. The van der Waals surface area contributed by atoms with E-state index in [-0.39, 0.29) is 10.8 Å². The van der Waals surface area contributed by atoms with E-state index in [1.54, 1.807) is 11.3 Å². The molecule has 0 aliphatic heterocycles. The number of hydrogen-bond donors (Lipinski definition) is 0. The maximum absolute atomic E-state index is 6.05. The average Bonchev–Trinajstić information content (AvgIpc) is 2.90. The van der Waals surface area contributed by atoms with Gasteiger partial charge in [0.15, 0.2) is 0 Å². The first-order valence-electron chi connectivity index (χ1n) is 7.85. The number of aromatic nitrogens is 1. The van der Waals surface area contributed by atoms with E-state index >= 15 is 0 Å². The Hall–Kier alpha value is -1.35. The topological polar surface area (TPSA) is 22.1 Å². The van der Waals surface area contributed by atoms with Crippen molar-refractivity contribution >= 4 is 11.3 Å². The summed E-state index contributed by atoms with van der Waals surface area (Å²) in [7, 11) is 0. The number of nitrogens with zero attached hydrogens (tertiary/aromatic N) is 1. The van der Waals surface area contributed by atoms with Crippen LogP contribution in [-0.2, 0) is 10.8 Å². The maximum atomic E-state index is 6.05. The summed E-state index contributed by atoms with van der Waals surface area (Å²) in [5, 5.41) is 2.09. The Balaban J connectivity index is 2.79. The molecule has 0 aliphatic carbocycles. The highest BCUT2D eigenvalue weighted by Crippen LogP contribution is 2.42. The van der Waals surface area contributed by atoms with E-state index in [9.17, 15) is 0 Å². The number of benzene rings is 1. The van der Waals surface area contributed by atoms with Crippen molar-refractivity contribution in [2.24, 2.45) is 0 Å². The SMILES string of the molecule is CCOc1c(-c2cscn2)cc(C(C)(C)C)cc1C(C)(C)C. The fraction of sp³-hybridized carbons (Fsp3) is 0.526. The van der Waals surface area contributed by atoms with Crippen LogP contribution in [0.3, 0.4) is 0 Å². The molecule has 0 bridgehead atoms. The third kappa shape index (κ3) is 3.52. The molecule has 0 radical (unpaired) electrons. The molecule has 3 heteroatoms. The number of ether oxygens (including phenoxy) is 1. The van der Waals surface area contributed by atoms with Gasteiger partial charge in [-0.1, -0.05) is 47.6 Å². The fourth-order valence-electron chi connectivity index (χ4n) is 2.45. The molecular formula is C19H27NOS. The molecule has 0 aliphatic rings. The van der Waals surface area contributed by atoms with Crippen LogP contribution in [0.25, 0.3) is 11.3 Å². The van der Waals surface area contributed by atoms with Crippen LogP contribution >= 0.6 is 11.3 Å². The van der Waals surface area contributed by atoms with Crippen LogP contribution in [0.1, 0.15) is 59.6 Å². The molecule has 2 aromatic rings. The second kappa shape index (κ2) is 6.04. The van der Waals surface area contributed by atoms with Crippen LogP contribution in [-0.4, -0.2) is 11.6 Å². The van der Waals surface area contributed by atoms with Gasteiger partial charge in [-0.25, -0.2) is 4.98 Å². The molecular weight excluding hydrogens is 290 g/mol. The quantitative estimate of drug-likeness (QED) is 0.713. The zero-order valence-electron chi connectivity index (χ0n) is 14.8. The highest BCUT2D eigenvalue weighted by atomic mass is 32.1. The van der Waals surface area contributed by atoms with Gasteiger partial charge >= 0.3 is 0 Å². The highest BCUT2D eigenvalue weighted by molar-refractivity contribution is 7.07. The molecule has 0 unspecified atom stereocenters. The molecule has 0 N–H and O–H groups in total. The van der Waals surface area contributed by atoms with Crippen LogP contribution in [0, 0.1) is 0 Å². The normalized spacial score (nSPS) is 12.5. The smallest absolute Gasteiger partial charge is 0.132 e. The van der Waals surface area contributed by atoms with E-state index in [4.69, 9.17) is 4.74 Å². The van der Waals surface area contributed by atoms with Gasteiger partial charge in [0.1, 0.15) is 5.75 Å². The lowest BCUT2D eigenvalue weighted by Gasteiger charge is -2.29. The summed E-state index contributed by atoms with van der Waals surface area (Å²) >= 11 is 1.62. The minimum absolute atomic E-state index is 0.0243. The number of hydrogen-bond acceptors (Lipinski definition) is 3. The first-order chi connectivity index (χ1) is 10.1. The zero-order chi connectivity index (χ0) is 16.5. The monoisotopic (exact) mass is 317 g/mol. The van der Waals surface area contributed by atoms with Crippen molar-refractivity contribution in [3.8, 4) is 17.0 Å². The molecule has 0 amide bonds. The van der Waals surface area contributed by atoms with Gasteiger partial charge in [-0.2, -0.15) is 0 Å². The van der Waals surface area contributed by atoms with Gasteiger partial charge in [-0.05, 0) is 29.4 Å². The highest BCUT2D eigenvalue weighted by Gasteiger charge is 2.26. The molecule has 2 rings (SSSR count). The largest absolute Gasteiger partial charge is 0.493 e. The van der Waals surface area contributed by atoms with E-state index in [0.29, 0.717) is 6.61 Å². The Bertz CT molecular complexity index is 631. The lowest BCUT2D eigenvalue weighted by molar-refractivity contribution is 0.330. The Morgan fingerprint density at radius 3 is 2.18 bits per heavy atom. The first-order valence-corrected chi connectivity index (χ1v) is 8.79. The Labute approximate surface area is 138 Å². The molecule has 22 heavy (non-hydrogen) atoms. The summed E-state index contributed by atoms with van der Waals surface area (Å²) in [5.41, 5.74) is 6.69. The van der Waals surface area contributed by atoms with Crippen molar-refractivity contribution in [1.82, 2.24) is 4.98 Å². The second-order valence-corrected chi connectivity index (χ2v) is 8.43. The van der Waals surface area contributed by atoms with Crippen molar-refractivity contribution in [1.29, 1.82) is 0 Å². The van der Waals surface area contributed by atoms with E-state index in [1.807, 2.05) is 12.4 Å². The molecule has 1 heterocycles. The van der Waals surface area contributed by atoms with Crippen LogP contribution in [0.4, 0.5) is 0 Å². The van der Waals surface area contributed by atoms with Gasteiger partial charge in [-0.15, -0.1) is 11.3 Å². The minimum Gasteiger partial charge on any atom is -0.493 e. The van der Waals surface area contributed by atoms with Crippen LogP contribution in [0.5, 0.6) is 5.75 Å². The summed E-state index contributed by atoms with van der Waals surface area (Å²) < 4.78 is 6.05. The third-order valence-corrected chi connectivity index (χ3v) is 4.35. The molecule has 1 aromatic carbocycles. The number of thiazole rings is 1. The molecule has 0 spiro atoms. The van der Waals surface area contributed by atoms with Crippen LogP contribution in [0.15, 0.2) is 23.0 Å².